The van der Waals surface area contributed by atoms with Crippen LogP contribution in [0.1, 0.15) is 19.5 Å². The van der Waals surface area contributed by atoms with Crippen LogP contribution in [0.15, 0.2) is 24.3 Å². The molecule has 0 bridgehead atoms. The van der Waals surface area contributed by atoms with Crippen molar-refractivity contribution >= 4 is 40.7 Å². The first-order chi connectivity index (χ1) is 9.95. The summed E-state index contributed by atoms with van der Waals surface area (Å²) >= 11 is 12.3. The summed E-state index contributed by atoms with van der Waals surface area (Å²) in [6.07, 6.45) is 0. The number of anilines is 3. The largest absolute Gasteiger partial charge is 0.354 e. The molecule has 0 aliphatic rings. The quantitative estimate of drug-likeness (QED) is 0.820. The lowest BCUT2D eigenvalue weighted by molar-refractivity contribution is 0.684. The first-order valence-corrected chi connectivity index (χ1v) is 7.52. The molecule has 0 unspecified atom stereocenters. The highest BCUT2D eigenvalue weighted by atomic mass is 35.5. The molecule has 1 aromatic carbocycles. The van der Waals surface area contributed by atoms with Crippen molar-refractivity contribution in [2.24, 2.45) is 5.92 Å². The number of nitrogens with zero attached hydrogens (tertiary/aromatic N) is 2. The van der Waals surface area contributed by atoms with Crippen LogP contribution < -0.4 is 10.6 Å². The fraction of sp³-hybridized carbons (Fsp3) is 0.333. The van der Waals surface area contributed by atoms with Crippen molar-refractivity contribution in [1.29, 1.82) is 0 Å². The zero-order chi connectivity index (χ0) is 15.4. The maximum atomic E-state index is 6.16. The average molecular weight is 325 g/mol. The van der Waals surface area contributed by atoms with Gasteiger partial charge in [-0.15, -0.1) is 0 Å². The van der Waals surface area contributed by atoms with E-state index in [4.69, 9.17) is 23.2 Å². The molecule has 6 heteroatoms. The molecule has 0 atom stereocenters. The number of hydrogen-bond donors (Lipinski definition) is 2. The van der Waals surface area contributed by atoms with Gasteiger partial charge < -0.3 is 10.6 Å². The van der Waals surface area contributed by atoms with Gasteiger partial charge in [0.1, 0.15) is 5.82 Å². The summed E-state index contributed by atoms with van der Waals surface area (Å²) in [5.74, 6) is 1.77. The first kappa shape index (κ1) is 15.9. The highest BCUT2D eigenvalue weighted by Gasteiger charge is 2.08. The van der Waals surface area contributed by atoms with E-state index in [0.717, 1.165) is 12.2 Å². The van der Waals surface area contributed by atoms with Crippen molar-refractivity contribution in [1.82, 2.24) is 9.97 Å². The summed E-state index contributed by atoms with van der Waals surface area (Å²) in [5, 5.41) is 7.47. The van der Waals surface area contributed by atoms with Gasteiger partial charge in [0.2, 0.25) is 5.95 Å². The number of aryl methyl sites for hydroxylation is 1. The summed E-state index contributed by atoms with van der Waals surface area (Å²) in [4.78, 5) is 8.80. The van der Waals surface area contributed by atoms with Crippen molar-refractivity contribution in [2.45, 2.75) is 20.8 Å². The fourth-order valence-corrected chi connectivity index (χ4v) is 2.24. The molecule has 0 spiro atoms. The molecule has 0 radical (unpaired) electrons. The van der Waals surface area contributed by atoms with E-state index >= 15 is 0 Å². The van der Waals surface area contributed by atoms with Gasteiger partial charge in [-0.2, -0.15) is 4.98 Å². The highest BCUT2D eigenvalue weighted by Crippen LogP contribution is 2.32. The van der Waals surface area contributed by atoms with Crippen LogP contribution >= 0.6 is 23.2 Å². The molecule has 2 aromatic rings. The molecule has 0 amide bonds. The molecule has 0 aliphatic heterocycles. The molecule has 1 heterocycles. The second-order valence-corrected chi connectivity index (χ2v) is 6.03. The van der Waals surface area contributed by atoms with Crippen LogP contribution in [0.25, 0.3) is 0 Å². The fourth-order valence-electron chi connectivity index (χ4n) is 1.75. The molecule has 2 rings (SSSR count). The second-order valence-electron chi connectivity index (χ2n) is 5.21. The maximum absolute atomic E-state index is 6.16. The Balaban J connectivity index is 2.24. The first-order valence-electron chi connectivity index (χ1n) is 6.76. The highest BCUT2D eigenvalue weighted by molar-refractivity contribution is 6.39. The van der Waals surface area contributed by atoms with Crippen molar-refractivity contribution in [3.63, 3.8) is 0 Å². The third kappa shape index (κ3) is 4.48. The monoisotopic (exact) mass is 324 g/mol. The second kappa shape index (κ2) is 6.96. The number of aromatic nitrogens is 2. The zero-order valence-corrected chi connectivity index (χ0v) is 13.8. The SMILES string of the molecule is Cc1cc(Nc2c(Cl)cccc2Cl)nc(NCC(C)C)n1. The number of rotatable bonds is 5. The van der Waals surface area contributed by atoms with Gasteiger partial charge in [-0.3, -0.25) is 0 Å². The maximum Gasteiger partial charge on any atom is 0.224 e. The lowest BCUT2D eigenvalue weighted by atomic mass is 10.2. The minimum absolute atomic E-state index is 0.517. The topological polar surface area (TPSA) is 49.8 Å². The lowest BCUT2D eigenvalue weighted by Gasteiger charge is -2.12. The number of para-hydroxylation sites is 1. The molecule has 0 saturated heterocycles. The van der Waals surface area contributed by atoms with E-state index in [1.807, 2.05) is 13.0 Å². The smallest absolute Gasteiger partial charge is 0.224 e. The van der Waals surface area contributed by atoms with Crippen molar-refractivity contribution in [2.75, 3.05) is 17.2 Å². The van der Waals surface area contributed by atoms with E-state index in [9.17, 15) is 0 Å². The van der Waals surface area contributed by atoms with Crippen LogP contribution in [0.5, 0.6) is 0 Å². The molecule has 0 saturated carbocycles. The number of nitrogens with one attached hydrogen (secondary N) is 2. The van der Waals surface area contributed by atoms with Gasteiger partial charge >= 0.3 is 0 Å². The zero-order valence-electron chi connectivity index (χ0n) is 12.2. The summed E-state index contributed by atoms with van der Waals surface area (Å²) in [7, 11) is 0. The van der Waals surface area contributed by atoms with E-state index in [-0.39, 0.29) is 0 Å². The lowest BCUT2D eigenvalue weighted by Crippen LogP contribution is -2.11. The minimum Gasteiger partial charge on any atom is -0.354 e. The van der Waals surface area contributed by atoms with Crippen LogP contribution in [-0.4, -0.2) is 16.5 Å². The molecular weight excluding hydrogens is 307 g/mol. The predicted molar refractivity (Wildman–Crippen MR) is 89.8 cm³/mol. The Kier molecular flexibility index (Phi) is 5.26. The van der Waals surface area contributed by atoms with Gasteiger partial charge in [-0.25, -0.2) is 4.98 Å². The normalized spacial score (nSPS) is 10.8. The van der Waals surface area contributed by atoms with Gasteiger partial charge in [0.25, 0.3) is 0 Å². The Morgan fingerprint density at radius 2 is 1.81 bits per heavy atom. The molecule has 112 valence electrons. The average Bonchev–Trinajstić information content (AvgIpc) is 2.40. The third-order valence-corrected chi connectivity index (χ3v) is 3.37. The molecule has 21 heavy (non-hydrogen) atoms. The van der Waals surface area contributed by atoms with Gasteiger partial charge in [-0.1, -0.05) is 43.1 Å². The van der Waals surface area contributed by atoms with Crippen LogP contribution in [0.2, 0.25) is 10.0 Å². The van der Waals surface area contributed by atoms with Gasteiger partial charge in [0, 0.05) is 18.3 Å². The standard InChI is InChI=1S/C15H18Cl2N4/c1-9(2)8-18-15-19-10(3)7-13(21-15)20-14-11(16)5-4-6-12(14)17/h4-7,9H,8H2,1-3H3,(H2,18,19,20,21). The predicted octanol–water partition coefficient (Wildman–Crippen LogP) is 4.90. The molecule has 0 fully saturated rings. The molecule has 0 aliphatic carbocycles. The number of halogens is 2. The van der Waals surface area contributed by atoms with E-state index in [2.05, 4.69) is 34.4 Å². The van der Waals surface area contributed by atoms with Crippen LogP contribution in [0, 0.1) is 12.8 Å². The van der Waals surface area contributed by atoms with E-state index in [1.54, 1.807) is 18.2 Å². The summed E-state index contributed by atoms with van der Waals surface area (Å²) in [6.45, 7) is 6.99. The number of benzene rings is 1. The van der Waals surface area contributed by atoms with Crippen LogP contribution in [0.3, 0.4) is 0 Å². The summed E-state index contributed by atoms with van der Waals surface area (Å²) in [6, 6.07) is 7.21. The van der Waals surface area contributed by atoms with Gasteiger partial charge in [0.15, 0.2) is 0 Å². The Hall–Kier alpha value is -1.52. The Bertz CT molecular complexity index is 609. The summed E-state index contributed by atoms with van der Waals surface area (Å²) in [5.41, 5.74) is 1.51. The van der Waals surface area contributed by atoms with Crippen LogP contribution in [-0.2, 0) is 0 Å². The van der Waals surface area contributed by atoms with E-state index < -0.39 is 0 Å². The molecule has 2 N–H and O–H groups in total. The molecular formula is C15H18Cl2N4. The van der Waals surface area contributed by atoms with E-state index in [1.165, 1.54) is 0 Å². The Labute approximate surface area is 134 Å². The van der Waals surface area contributed by atoms with Crippen molar-refractivity contribution in [3.8, 4) is 0 Å². The third-order valence-electron chi connectivity index (χ3n) is 2.74. The summed E-state index contributed by atoms with van der Waals surface area (Å²) < 4.78 is 0. The van der Waals surface area contributed by atoms with E-state index in [0.29, 0.717) is 33.4 Å². The minimum atomic E-state index is 0.517. The Morgan fingerprint density at radius 3 is 2.43 bits per heavy atom. The van der Waals surface area contributed by atoms with Gasteiger partial charge in [0.05, 0.1) is 15.7 Å². The van der Waals surface area contributed by atoms with Crippen molar-refractivity contribution < 1.29 is 0 Å². The Morgan fingerprint density at radius 1 is 1.14 bits per heavy atom. The molecule has 1 aromatic heterocycles. The molecule has 4 nitrogen and oxygen atoms in total. The van der Waals surface area contributed by atoms with Gasteiger partial charge in [-0.05, 0) is 25.0 Å². The number of hydrogen-bond acceptors (Lipinski definition) is 4. The van der Waals surface area contributed by atoms with Crippen LogP contribution in [0.4, 0.5) is 17.5 Å². The van der Waals surface area contributed by atoms with Crippen molar-refractivity contribution in [3.05, 3.63) is 40.0 Å².